The largest absolute Gasteiger partial charge is 0.456 e. The second-order valence-electron chi connectivity index (χ2n) is 7.51. The number of benzene rings is 3. The normalized spacial score (nSPS) is 10.4. The molecule has 0 aliphatic carbocycles. The molecule has 8 heteroatoms. The second-order valence-corrected chi connectivity index (χ2v) is 9.09. The Labute approximate surface area is 208 Å². The van der Waals surface area contributed by atoms with Crippen molar-refractivity contribution in [2.24, 2.45) is 0 Å². The summed E-state index contributed by atoms with van der Waals surface area (Å²) in [5, 5.41) is 6.21. The molecule has 0 saturated carbocycles. The van der Waals surface area contributed by atoms with E-state index in [2.05, 4.69) is 10.6 Å². The minimum atomic E-state index is -0.517. The SMILES string of the molecule is Cc1ccccc1NC(=O)COC(=O)CCCC(=O)Nc1ccc(Sc2ccc(Cl)cc2)cc1. The van der Waals surface area contributed by atoms with Gasteiger partial charge in [-0.15, -0.1) is 0 Å². The van der Waals surface area contributed by atoms with E-state index in [-0.39, 0.29) is 25.4 Å². The average Bonchev–Trinajstić information content (AvgIpc) is 2.82. The molecule has 0 bridgehead atoms. The number of esters is 1. The van der Waals surface area contributed by atoms with Gasteiger partial charge < -0.3 is 15.4 Å². The highest BCUT2D eigenvalue weighted by Gasteiger charge is 2.10. The van der Waals surface area contributed by atoms with Crippen molar-refractivity contribution in [3.63, 3.8) is 0 Å². The van der Waals surface area contributed by atoms with Crippen molar-refractivity contribution < 1.29 is 19.1 Å². The fourth-order valence-corrected chi connectivity index (χ4v) is 3.92. The van der Waals surface area contributed by atoms with Gasteiger partial charge in [0.15, 0.2) is 6.61 Å². The number of para-hydroxylation sites is 1. The maximum Gasteiger partial charge on any atom is 0.306 e. The van der Waals surface area contributed by atoms with Crippen LogP contribution in [0.3, 0.4) is 0 Å². The molecule has 0 saturated heterocycles. The maximum atomic E-state index is 12.2. The van der Waals surface area contributed by atoms with Crippen molar-refractivity contribution >= 4 is 52.5 Å². The third-order valence-electron chi connectivity index (χ3n) is 4.76. The van der Waals surface area contributed by atoms with Crippen molar-refractivity contribution in [2.75, 3.05) is 17.2 Å². The van der Waals surface area contributed by atoms with E-state index in [4.69, 9.17) is 16.3 Å². The van der Waals surface area contributed by atoms with Crippen LogP contribution >= 0.6 is 23.4 Å². The average molecular weight is 497 g/mol. The first kappa shape index (κ1) is 25.3. The zero-order valence-corrected chi connectivity index (χ0v) is 20.2. The van der Waals surface area contributed by atoms with Gasteiger partial charge in [0.1, 0.15) is 0 Å². The van der Waals surface area contributed by atoms with Gasteiger partial charge in [0, 0.05) is 39.0 Å². The first-order chi connectivity index (χ1) is 16.4. The van der Waals surface area contributed by atoms with E-state index in [0.717, 1.165) is 15.4 Å². The van der Waals surface area contributed by atoms with Gasteiger partial charge in [0.2, 0.25) is 5.91 Å². The van der Waals surface area contributed by atoms with Crippen molar-refractivity contribution in [2.45, 2.75) is 36.0 Å². The van der Waals surface area contributed by atoms with Crippen molar-refractivity contribution in [3.05, 3.63) is 83.4 Å². The zero-order chi connectivity index (χ0) is 24.3. The minimum absolute atomic E-state index is 0.0573. The summed E-state index contributed by atoms with van der Waals surface area (Å²) in [6.07, 6.45) is 0.558. The van der Waals surface area contributed by atoms with Gasteiger partial charge in [-0.25, -0.2) is 0 Å². The summed E-state index contributed by atoms with van der Waals surface area (Å²) >= 11 is 7.50. The second kappa shape index (κ2) is 12.8. The van der Waals surface area contributed by atoms with Gasteiger partial charge in [-0.2, -0.15) is 0 Å². The van der Waals surface area contributed by atoms with Crippen LogP contribution in [-0.4, -0.2) is 24.4 Å². The lowest BCUT2D eigenvalue weighted by molar-refractivity contribution is -0.147. The number of halogens is 1. The highest BCUT2D eigenvalue weighted by atomic mass is 35.5. The molecule has 2 amide bonds. The van der Waals surface area contributed by atoms with Crippen LogP contribution in [0.2, 0.25) is 5.02 Å². The van der Waals surface area contributed by atoms with Crippen LogP contribution in [0.4, 0.5) is 11.4 Å². The molecule has 0 spiro atoms. The monoisotopic (exact) mass is 496 g/mol. The molecule has 3 rings (SSSR count). The summed E-state index contributed by atoms with van der Waals surface area (Å²) < 4.78 is 4.99. The molecule has 0 unspecified atom stereocenters. The van der Waals surface area contributed by atoms with Crippen LogP contribution in [0.5, 0.6) is 0 Å². The topological polar surface area (TPSA) is 84.5 Å². The summed E-state index contributed by atoms with van der Waals surface area (Å²) in [7, 11) is 0. The highest BCUT2D eigenvalue weighted by molar-refractivity contribution is 7.99. The number of amides is 2. The molecule has 3 aromatic rings. The molecule has 0 fully saturated rings. The third-order valence-corrected chi connectivity index (χ3v) is 6.02. The van der Waals surface area contributed by atoms with Crippen LogP contribution in [-0.2, 0) is 19.1 Å². The van der Waals surface area contributed by atoms with Gasteiger partial charge in [0.25, 0.3) is 5.91 Å². The van der Waals surface area contributed by atoms with Gasteiger partial charge in [0.05, 0.1) is 0 Å². The highest BCUT2D eigenvalue weighted by Crippen LogP contribution is 2.29. The van der Waals surface area contributed by atoms with E-state index in [9.17, 15) is 14.4 Å². The van der Waals surface area contributed by atoms with Crippen molar-refractivity contribution in [1.82, 2.24) is 0 Å². The number of hydrogen-bond donors (Lipinski definition) is 2. The summed E-state index contributed by atoms with van der Waals surface area (Å²) in [6, 6.07) is 22.4. The minimum Gasteiger partial charge on any atom is -0.456 e. The first-order valence-electron chi connectivity index (χ1n) is 10.7. The Kier molecular flexibility index (Phi) is 9.55. The molecule has 0 aliphatic rings. The molecular formula is C26H25ClN2O4S. The van der Waals surface area contributed by atoms with Gasteiger partial charge in [-0.3, -0.25) is 14.4 Å². The maximum absolute atomic E-state index is 12.2. The predicted octanol–water partition coefficient (Wildman–Crippen LogP) is 6.09. The number of carbonyl (C=O) groups excluding carboxylic acids is 3. The predicted molar refractivity (Wildman–Crippen MR) is 135 cm³/mol. The number of hydrogen-bond acceptors (Lipinski definition) is 5. The van der Waals surface area contributed by atoms with E-state index >= 15 is 0 Å². The molecule has 0 atom stereocenters. The first-order valence-corrected chi connectivity index (χ1v) is 11.9. The van der Waals surface area contributed by atoms with E-state index in [1.54, 1.807) is 17.8 Å². The van der Waals surface area contributed by atoms with E-state index in [1.165, 1.54) is 0 Å². The molecule has 2 N–H and O–H groups in total. The molecular weight excluding hydrogens is 472 g/mol. The van der Waals surface area contributed by atoms with Gasteiger partial charge >= 0.3 is 5.97 Å². The molecule has 176 valence electrons. The fraction of sp³-hybridized carbons (Fsp3) is 0.192. The number of nitrogens with one attached hydrogen (secondary N) is 2. The van der Waals surface area contributed by atoms with Crippen LogP contribution < -0.4 is 10.6 Å². The fourth-order valence-electron chi connectivity index (χ4n) is 2.98. The Morgan fingerprint density at radius 1 is 0.824 bits per heavy atom. The van der Waals surface area contributed by atoms with Crippen LogP contribution in [0.1, 0.15) is 24.8 Å². The molecule has 0 radical (unpaired) electrons. The van der Waals surface area contributed by atoms with Crippen molar-refractivity contribution in [1.29, 1.82) is 0 Å². The lowest BCUT2D eigenvalue weighted by atomic mass is 10.2. The summed E-state index contributed by atoms with van der Waals surface area (Å²) in [5.74, 6) is -1.11. The smallest absolute Gasteiger partial charge is 0.306 e. The Balaban J connectivity index is 1.33. The quantitative estimate of drug-likeness (QED) is 0.332. The van der Waals surface area contributed by atoms with Crippen LogP contribution in [0.15, 0.2) is 82.6 Å². The Morgan fingerprint density at radius 3 is 2.15 bits per heavy atom. The van der Waals surface area contributed by atoms with E-state index in [0.29, 0.717) is 22.8 Å². The molecule has 6 nitrogen and oxygen atoms in total. The number of anilines is 2. The van der Waals surface area contributed by atoms with E-state index < -0.39 is 11.9 Å². The number of rotatable bonds is 10. The molecule has 0 heterocycles. The molecule has 34 heavy (non-hydrogen) atoms. The van der Waals surface area contributed by atoms with Crippen LogP contribution in [0.25, 0.3) is 0 Å². The number of aryl methyl sites for hydroxylation is 1. The molecule has 3 aromatic carbocycles. The molecule has 0 aliphatic heterocycles. The Hall–Kier alpha value is -3.29. The Morgan fingerprint density at radius 2 is 1.47 bits per heavy atom. The Bertz CT molecular complexity index is 1130. The van der Waals surface area contributed by atoms with Crippen LogP contribution in [0, 0.1) is 6.92 Å². The third kappa shape index (κ3) is 8.57. The lowest BCUT2D eigenvalue weighted by Crippen LogP contribution is -2.21. The van der Waals surface area contributed by atoms with Gasteiger partial charge in [-0.05, 0) is 73.5 Å². The van der Waals surface area contributed by atoms with E-state index in [1.807, 2.05) is 73.7 Å². The standard InChI is InChI=1S/C26H25ClN2O4S/c1-18-5-2-3-6-23(18)29-25(31)17-33-26(32)8-4-7-24(30)28-20-11-15-22(16-12-20)34-21-13-9-19(27)10-14-21/h2-3,5-6,9-16H,4,7-8,17H2,1H3,(H,28,30)(H,29,31). The number of carbonyl (C=O) groups is 3. The summed E-state index contributed by atoms with van der Waals surface area (Å²) in [5.41, 5.74) is 2.28. The summed E-state index contributed by atoms with van der Waals surface area (Å²) in [6.45, 7) is 1.52. The number of ether oxygens (including phenoxy) is 1. The zero-order valence-electron chi connectivity index (χ0n) is 18.7. The molecule has 0 aromatic heterocycles. The summed E-state index contributed by atoms with van der Waals surface area (Å²) in [4.78, 5) is 38.1. The van der Waals surface area contributed by atoms with Gasteiger partial charge in [-0.1, -0.05) is 41.6 Å². The van der Waals surface area contributed by atoms with Crippen molar-refractivity contribution in [3.8, 4) is 0 Å². The lowest BCUT2D eigenvalue weighted by Gasteiger charge is -2.09.